The van der Waals surface area contributed by atoms with Crippen molar-refractivity contribution in [3.8, 4) is 0 Å². The van der Waals surface area contributed by atoms with Gasteiger partial charge in [0.15, 0.2) is 5.78 Å². The fourth-order valence-corrected chi connectivity index (χ4v) is 2.77. The van der Waals surface area contributed by atoms with E-state index in [-0.39, 0.29) is 11.7 Å². The number of nitrogens with zero attached hydrogens (tertiary/aromatic N) is 1. The first-order valence-electron chi connectivity index (χ1n) is 5.85. The van der Waals surface area contributed by atoms with Crippen molar-refractivity contribution in [3.05, 3.63) is 42.1 Å². The van der Waals surface area contributed by atoms with Crippen LogP contribution >= 0.6 is 0 Å². The summed E-state index contributed by atoms with van der Waals surface area (Å²) in [5.74, 6) is 0.388. The van der Waals surface area contributed by atoms with Crippen LogP contribution < -0.4 is 4.90 Å². The number of ketones is 1. The van der Waals surface area contributed by atoms with E-state index in [1.807, 2.05) is 13.1 Å². The van der Waals surface area contributed by atoms with Crippen LogP contribution in [-0.4, -0.2) is 11.8 Å². The number of anilines is 1. The molecule has 1 aromatic carbocycles. The third-order valence-electron chi connectivity index (χ3n) is 3.76. The Balaban J connectivity index is 2.08. The summed E-state index contributed by atoms with van der Waals surface area (Å²) in [5.41, 5.74) is 2.67. The predicted octanol–water partition coefficient (Wildman–Crippen LogP) is 2.54. The molecular formula is C14H15NO. The zero-order valence-electron chi connectivity index (χ0n) is 9.39. The van der Waals surface area contributed by atoms with E-state index in [0.717, 1.165) is 12.8 Å². The highest BCUT2D eigenvalue weighted by Gasteiger charge is 2.34. The molecule has 0 saturated heterocycles. The molecule has 0 aliphatic carbocycles. The Hall–Kier alpha value is -1.57. The van der Waals surface area contributed by atoms with Gasteiger partial charge in [-0.1, -0.05) is 25.1 Å². The number of hydrogen-bond acceptors (Lipinski definition) is 2. The van der Waals surface area contributed by atoms with Gasteiger partial charge >= 0.3 is 0 Å². The van der Waals surface area contributed by atoms with Crippen LogP contribution in [0, 0.1) is 5.92 Å². The Labute approximate surface area is 95.6 Å². The average molecular weight is 213 g/mol. The second-order valence-corrected chi connectivity index (χ2v) is 4.65. The van der Waals surface area contributed by atoms with Crippen molar-refractivity contribution in [1.82, 2.24) is 0 Å². The molecule has 1 unspecified atom stereocenters. The Bertz CT molecular complexity index is 464. The highest BCUT2D eigenvalue weighted by molar-refractivity contribution is 5.94. The molecule has 1 aromatic rings. The molecular weight excluding hydrogens is 198 g/mol. The van der Waals surface area contributed by atoms with Gasteiger partial charge in [0.25, 0.3) is 0 Å². The number of carbonyl (C=O) groups excluding carboxylic acids is 1. The first-order chi connectivity index (χ1) is 7.77. The number of rotatable bonds is 0. The van der Waals surface area contributed by atoms with Gasteiger partial charge in [0.1, 0.15) is 0 Å². The summed E-state index contributed by atoms with van der Waals surface area (Å²) in [6, 6.07) is 8.83. The molecule has 2 atom stereocenters. The van der Waals surface area contributed by atoms with Gasteiger partial charge in [-0.15, -0.1) is 0 Å². The number of carbonyl (C=O) groups is 1. The van der Waals surface area contributed by atoms with Gasteiger partial charge in [-0.05, 0) is 30.5 Å². The van der Waals surface area contributed by atoms with Gasteiger partial charge < -0.3 is 4.90 Å². The second-order valence-electron chi connectivity index (χ2n) is 4.65. The van der Waals surface area contributed by atoms with Crippen molar-refractivity contribution in [1.29, 1.82) is 0 Å². The van der Waals surface area contributed by atoms with E-state index >= 15 is 0 Å². The van der Waals surface area contributed by atoms with Gasteiger partial charge in [-0.3, -0.25) is 4.79 Å². The molecule has 0 saturated carbocycles. The van der Waals surface area contributed by atoms with E-state index in [4.69, 9.17) is 0 Å². The van der Waals surface area contributed by atoms with Crippen LogP contribution in [0.4, 0.5) is 5.69 Å². The summed E-state index contributed by atoms with van der Waals surface area (Å²) < 4.78 is 0. The van der Waals surface area contributed by atoms with E-state index in [2.05, 4.69) is 29.2 Å². The van der Waals surface area contributed by atoms with Crippen LogP contribution in [0.3, 0.4) is 0 Å². The lowest BCUT2D eigenvalue weighted by atomic mass is 9.84. The molecule has 0 spiro atoms. The molecule has 0 radical (unpaired) electrons. The summed E-state index contributed by atoms with van der Waals surface area (Å²) in [6.07, 6.45) is 5.82. The third kappa shape index (κ3) is 1.29. The summed E-state index contributed by atoms with van der Waals surface area (Å²) >= 11 is 0. The van der Waals surface area contributed by atoms with Crippen LogP contribution in [0.15, 0.2) is 36.5 Å². The van der Waals surface area contributed by atoms with Crippen molar-refractivity contribution in [2.75, 3.05) is 4.90 Å². The van der Waals surface area contributed by atoms with E-state index in [1.165, 1.54) is 11.3 Å². The summed E-state index contributed by atoms with van der Waals surface area (Å²) in [6.45, 7) is 2.04. The minimum absolute atomic E-state index is 0.123. The minimum atomic E-state index is 0.123. The molecule has 0 aromatic heterocycles. The summed E-state index contributed by atoms with van der Waals surface area (Å²) in [5, 5.41) is 0. The molecule has 0 N–H and O–H groups in total. The summed E-state index contributed by atoms with van der Waals surface area (Å²) in [4.78, 5) is 13.9. The fraction of sp³-hybridized carbons (Fsp3) is 0.357. The molecule has 2 aliphatic heterocycles. The second kappa shape index (κ2) is 3.48. The Morgan fingerprint density at radius 1 is 1.31 bits per heavy atom. The molecule has 0 bridgehead atoms. The lowest BCUT2D eigenvalue weighted by Gasteiger charge is -2.41. The Morgan fingerprint density at radius 3 is 3.00 bits per heavy atom. The highest BCUT2D eigenvalue weighted by atomic mass is 16.1. The molecule has 0 fully saturated rings. The fourth-order valence-electron chi connectivity index (χ4n) is 2.77. The number of fused-ring (bicyclic) bond motifs is 3. The number of hydrogen-bond donors (Lipinski definition) is 0. The van der Waals surface area contributed by atoms with Crippen molar-refractivity contribution in [3.63, 3.8) is 0 Å². The van der Waals surface area contributed by atoms with Crippen LogP contribution in [0.1, 0.15) is 18.9 Å². The highest BCUT2D eigenvalue weighted by Crippen LogP contribution is 2.35. The largest absolute Gasteiger partial charge is 0.344 e. The molecule has 2 aliphatic rings. The van der Waals surface area contributed by atoms with Gasteiger partial charge in [0.2, 0.25) is 0 Å². The van der Waals surface area contributed by atoms with Crippen molar-refractivity contribution >= 4 is 11.5 Å². The number of benzene rings is 1. The monoisotopic (exact) mass is 213 g/mol. The number of para-hydroxylation sites is 1. The normalized spacial score (nSPS) is 27.6. The third-order valence-corrected chi connectivity index (χ3v) is 3.76. The molecule has 0 amide bonds. The topological polar surface area (TPSA) is 20.3 Å². The smallest absolute Gasteiger partial charge is 0.162 e. The standard InChI is InChI=1S/C14H15NO/c1-10-12-7-6-11-4-2-3-5-13(11)15(12)9-8-14(10)16/h2-5,8-10,12H,6-7H2,1H3/t10-,12?/m0/s1. The maximum absolute atomic E-state index is 11.6. The molecule has 2 heteroatoms. The number of allylic oxidation sites excluding steroid dienone is 1. The zero-order chi connectivity index (χ0) is 11.1. The van der Waals surface area contributed by atoms with Gasteiger partial charge in [-0.2, -0.15) is 0 Å². The van der Waals surface area contributed by atoms with E-state index in [0.29, 0.717) is 6.04 Å². The van der Waals surface area contributed by atoms with E-state index in [9.17, 15) is 4.79 Å². The molecule has 16 heavy (non-hydrogen) atoms. The maximum Gasteiger partial charge on any atom is 0.162 e. The van der Waals surface area contributed by atoms with Crippen LogP contribution in [0.5, 0.6) is 0 Å². The van der Waals surface area contributed by atoms with Crippen molar-refractivity contribution in [2.45, 2.75) is 25.8 Å². The van der Waals surface area contributed by atoms with Crippen LogP contribution in [0.25, 0.3) is 0 Å². The SMILES string of the molecule is C[C@@H]1C(=O)C=CN2c3ccccc3CCC12. The minimum Gasteiger partial charge on any atom is -0.344 e. The molecule has 2 nitrogen and oxygen atoms in total. The Kier molecular flexibility index (Phi) is 2.10. The maximum atomic E-state index is 11.6. The van der Waals surface area contributed by atoms with Gasteiger partial charge in [-0.25, -0.2) is 0 Å². The van der Waals surface area contributed by atoms with Gasteiger partial charge in [0.05, 0.1) is 0 Å². The molecule has 2 heterocycles. The lowest BCUT2D eigenvalue weighted by Crippen LogP contribution is -2.45. The van der Waals surface area contributed by atoms with E-state index in [1.54, 1.807) is 6.08 Å². The summed E-state index contributed by atoms with van der Waals surface area (Å²) in [7, 11) is 0. The van der Waals surface area contributed by atoms with E-state index < -0.39 is 0 Å². The van der Waals surface area contributed by atoms with Crippen molar-refractivity contribution in [2.24, 2.45) is 5.92 Å². The quantitative estimate of drug-likeness (QED) is 0.660. The molecule has 3 rings (SSSR count). The first-order valence-corrected chi connectivity index (χ1v) is 5.85. The Morgan fingerprint density at radius 2 is 2.12 bits per heavy atom. The zero-order valence-corrected chi connectivity index (χ0v) is 9.39. The van der Waals surface area contributed by atoms with Crippen LogP contribution in [-0.2, 0) is 11.2 Å². The predicted molar refractivity (Wildman–Crippen MR) is 64.3 cm³/mol. The average Bonchev–Trinajstić information content (AvgIpc) is 2.33. The van der Waals surface area contributed by atoms with Gasteiger partial charge in [0, 0.05) is 23.8 Å². The lowest BCUT2D eigenvalue weighted by molar-refractivity contribution is -0.118. The molecule has 82 valence electrons. The first kappa shape index (κ1) is 9.64. The number of aryl methyl sites for hydroxylation is 1. The van der Waals surface area contributed by atoms with Crippen LogP contribution in [0.2, 0.25) is 0 Å². The van der Waals surface area contributed by atoms with Crippen molar-refractivity contribution < 1.29 is 4.79 Å².